The molecule has 2 aromatic carbocycles. The number of nitro benzene ring substituents is 1. The Bertz CT molecular complexity index is 841. The van der Waals surface area contributed by atoms with Gasteiger partial charge in [-0.3, -0.25) is 10.1 Å². The molecule has 28 heavy (non-hydrogen) atoms. The fraction of sp³-hybridized carbons (Fsp3) is 0.368. The minimum atomic E-state index is -0.560. The first-order valence-corrected chi connectivity index (χ1v) is 9.57. The summed E-state index contributed by atoms with van der Waals surface area (Å²) in [7, 11) is 6.52. The van der Waals surface area contributed by atoms with E-state index < -0.39 is 4.92 Å². The third-order valence-corrected chi connectivity index (χ3v) is 4.69. The molecule has 0 heterocycles. The summed E-state index contributed by atoms with van der Waals surface area (Å²) in [5.74, 6) is 0. The standard InChI is InChI=1S/C19H24Cl2N5O2/c1-5-24(10-11-26(2,3)4)15-8-6-14(7-9-15)22-23-19-17(20)12-16(25(27)28)13-18(19)21/h6-9,12-13H,5,10-11H2,1-4H3/q+1. The lowest BCUT2D eigenvalue weighted by atomic mass is 10.2. The molecule has 9 heteroatoms. The van der Waals surface area contributed by atoms with E-state index in [1.54, 1.807) is 0 Å². The maximum atomic E-state index is 10.8. The van der Waals surface area contributed by atoms with Gasteiger partial charge in [-0.1, -0.05) is 23.2 Å². The molecule has 0 aliphatic heterocycles. The third kappa shape index (κ3) is 6.15. The molecular weight excluding hydrogens is 401 g/mol. The SMILES string of the molecule is CCN(CC[N+](C)(C)C)c1ccc(N=Nc2c(Cl)cc([N+](=O)[O-])cc2Cl)cc1. The average Bonchev–Trinajstić information content (AvgIpc) is 2.61. The molecule has 0 aromatic heterocycles. The van der Waals surface area contributed by atoms with Crippen LogP contribution in [-0.4, -0.2) is 50.2 Å². The summed E-state index contributed by atoms with van der Waals surface area (Å²) in [6.07, 6.45) is 0. The second-order valence-electron chi connectivity index (χ2n) is 7.33. The summed E-state index contributed by atoms with van der Waals surface area (Å²) in [6, 6.07) is 10.1. The maximum Gasteiger partial charge on any atom is 0.272 e. The number of likely N-dealkylation sites (N-methyl/N-ethyl adjacent to an activating group) is 2. The molecule has 0 aliphatic rings. The Kier molecular flexibility index (Phi) is 7.35. The lowest BCUT2D eigenvalue weighted by Gasteiger charge is -2.29. The van der Waals surface area contributed by atoms with E-state index in [1.807, 2.05) is 24.3 Å². The predicted octanol–water partition coefficient (Wildman–Crippen LogP) is 5.85. The quantitative estimate of drug-likeness (QED) is 0.231. The van der Waals surface area contributed by atoms with Gasteiger partial charge in [0.15, 0.2) is 0 Å². The largest absolute Gasteiger partial charge is 0.366 e. The van der Waals surface area contributed by atoms with Crippen LogP contribution >= 0.6 is 23.2 Å². The molecule has 0 spiro atoms. The molecule has 150 valence electrons. The Morgan fingerprint density at radius 1 is 1.07 bits per heavy atom. The number of anilines is 1. The van der Waals surface area contributed by atoms with Crippen LogP contribution < -0.4 is 4.90 Å². The van der Waals surface area contributed by atoms with Crippen molar-refractivity contribution in [2.24, 2.45) is 10.2 Å². The predicted molar refractivity (Wildman–Crippen MR) is 115 cm³/mol. The van der Waals surface area contributed by atoms with Crippen LogP contribution in [0.2, 0.25) is 10.0 Å². The Labute approximate surface area is 174 Å². The highest BCUT2D eigenvalue weighted by Gasteiger charge is 2.15. The smallest absolute Gasteiger partial charge is 0.272 e. The van der Waals surface area contributed by atoms with E-state index in [9.17, 15) is 10.1 Å². The van der Waals surface area contributed by atoms with Gasteiger partial charge in [0.25, 0.3) is 5.69 Å². The molecule has 0 saturated carbocycles. The van der Waals surface area contributed by atoms with Crippen LogP contribution in [-0.2, 0) is 0 Å². The van der Waals surface area contributed by atoms with Gasteiger partial charge < -0.3 is 9.38 Å². The number of rotatable bonds is 8. The van der Waals surface area contributed by atoms with Crippen LogP contribution in [0.1, 0.15) is 6.92 Å². The van der Waals surface area contributed by atoms with E-state index in [1.165, 1.54) is 12.1 Å². The number of azo groups is 1. The fourth-order valence-electron chi connectivity index (χ4n) is 2.48. The monoisotopic (exact) mass is 424 g/mol. The van der Waals surface area contributed by atoms with Crippen molar-refractivity contribution in [1.82, 2.24) is 0 Å². The summed E-state index contributed by atoms with van der Waals surface area (Å²) >= 11 is 12.1. The fourth-order valence-corrected chi connectivity index (χ4v) is 3.03. The lowest BCUT2D eigenvalue weighted by Crippen LogP contribution is -2.42. The highest BCUT2D eigenvalue weighted by Crippen LogP contribution is 2.37. The molecule has 0 amide bonds. The summed E-state index contributed by atoms with van der Waals surface area (Å²) in [5.41, 5.74) is 1.76. The van der Waals surface area contributed by atoms with Crippen molar-refractivity contribution >= 4 is 46.0 Å². The van der Waals surface area contributed by atoms with Crippen molar-refractivity contribution in [1.29, 1.82) is 0 Å². The second kappa shape index (κ2) is 9.32. The van der Waals surface area contributed by atoms with Gasteiger partial charge in [0, 0.05) is 24.4 Å². The Hall–Kier alpha value is -2.22. The van der Waals surface area contributed by atoms with Gasteiger partial charge in [-0.05, 0) is 31.2 Å². The van der Waals surface area contributed by atoms with Crippen LogP contribution in [0.4, 0.5) is 22.7 Å². The van der Waals surface area contributed by atoms with Gasteiger partial charge in [-0.2, -0.15) is 5.11 Å². The first-order chi connectivity index (χ1) is 13.1. The summed E-state index contributed by atoms with van der Waals surface area (Å²) in [6.45, 7) is 5.03. The molecule has 2 rings (SSSR count). The van der Waals surface area contributed by atoms with Crippen molar-refractivity contribution in [3.05, 3.63) is 56.6 Å². The van der Waals surface area contributed by atoms with Crippen LogP contribution in [0.15, 0.2) is 46.6 Å². The van der Waals surface area contributed by atoms with E-state index in [4.69, 9.17) is 23.2 Å². The molecule has 7 nitrogen and oxygen atoms in total. The van der Waals surface area contributed by atoms with Gasteiger partial charge in [0.05, 0.1) is 54.9 Å². The zero-order chi connectivity index (χ0) is 20.9. The second-order valence-corrected chi connectivity index (χ2v) is 8.14. The number of non-ortho nitro benzene ring substituents is 1. The topological polar surface area (TPSA) is 71.1 Å². The summed E-state index contributed by atoms with van der Waals surface area (Å²) in [4.78, 5) is 12.6. The van der Waals surface area contributed by atoms with E-state index in [-0.39, 0.29) is 21.4 Å². The van der Waals surface area contributed by atoms with Crippen molar-refractivity contribution < 1.29 is 9.41 Å². The Morgan fingerprint density at radius 3 is 2.11 bits per heavy atom. The molecule has 2 aromatic rings. The zero-order valence-corrected chi connectivity index (χ0v) is 17.9. The number of quaternary nitrogens is 1. The van der Waals surface area contributed by atoms with Crippen LogP contribution in [0.5, 0.6) is 0 Å². The minimum Gasteiger partial charge on any atom is -0.366 e. The molecule has 0 radical (unpaired) electrons. The van der Waals surface area contributed by atoms with Crippen molar-refractivity contribution in [3.8, 4) is 0 Å². The van der Waals surface area contributed by atoms with E-state index >= 15 is 0 Å². The normalized spacial score (nSPS) is 11.8. The van der Waals surface area contributed by atoms with Gasteiger partial charge in [0.1, 0.15) is 5.69 Å². The molecular formula is C19H24Cl2N5O2+. The zero-order valence-electron chi connectivity index (χ0n) is 16.4. The maximum absolute atomic E-state index is 10.8. The number of halogens is 2. The molecule has 0 fully saturated rings. The van der Waals surface area contributed by atoms with Crippen LogP contribution in [0.25, 0.3) is 0 Å². The molecule has 0 saturated heterocycles. The van der Waals surface area contributed by atoms with Crippen molar-refractivity contribution in [2.45, 2.75) is 6.92 Å². The summed E-state index contributed by atoms with van der Waals surface area (Å²) in [5, 5.41) is 19.2. The number of nitro groups is 1. The Morgan fingerprint density at radius 2 is 1.64 bits per heavy atom. The molecule has 0 aliphatic carbocycles. The highest BCUT2D eigenvalue weighted by molar-refractivity contribution is 6.39. The molecule has 0 atom stereocenters. The average molecular weight is 425 g/mol. The van der Waals surface area contributed by atoms with Crippen LogP contribution in [0, 0.1) is 10.1 Å². The molecule has 0 unspecified atom stereocenters. The van der Waals surface area contributed by atoms with Gasteiger partial charge >= 0.3 is 0 Å². The number of hydrogen-bond donors (Lipinski definition) is 0. The molecule has 0 bridgehead atoms. The lowest BCUT2D eigenvalue weighted by molar-refractivity contribution is -0.868. The third-order valence-electron chi connectivity index (χ3n) is 4.12. The van der Waals surface area contributed by atoms with Crippen molar-refractivity contribution in [3.63, 3.8) is 0 Å². The van der Waals surface area contributed by atoms with Gasteiger partial charge in [-0.15, -0.1) is 5.11 Å². The van der Waals surface area contributed by atoms with E-state index in [0.717, 1.165) is 29.8 Å². The van der Waals surface area contributed by atoms with Gasteiger partial charge in [-0.25, -0.2) is 0 Å². The first-order valence-electron chi connectivity index (χ1n) is 8.81. The summed E-state index contributed by atoms with van der Waals surface area (Å²) < 4.78 is 0.902. The molecule has 0 N–H and O–H groups in total. The highest BCUT2D eigenvalue weighted by atomic mass is 35.5. The van der Waals surface area contributed by atoms with Crippen molar-refractivity contribution in [2.75, 3.05) is 45.7 Å². The van der Waals surface area contributed by atoms with E-state index in [2.05, 4.69) is 43.2 Å². The number of benzene rings is 2. The minimum absolute atomic E-state index is 0.0806. The van der Waals surface area contributed by atoms with E-state index in [0.29, 0.717) is 5.69 Å². The van der Waals surface area contributed by atoms with Crippen LogP contribution in [0.3, 0.4) is 0 Å². The first kappa shape index (κ1) is 22.1. The van der Waals surface area contributed by atoms with Gasteiger partial charge in [0.2, 0.25) is 0 Å². The number of nitrogens with zero attached hydrogens (tertiary/aromatic N) is 5. The Balaban J connectivity index is 2.15. The number of hydrogen-bond acceptors (Lipinski definition) is 5.